The highest BCUT2D eigenvalue weighted by Gasteiger charge is 2.38. The van der Waals surface area contributed by atoms with Gasteiger partial charge in [-0.05, 0) is 19.8 Å². The fourth-order valence-electron chi connectivity index (χ4n) is 1.90. The molecule has 1 aliphatic carbocycles. The average molecular weight is 308 g/mol. The first-order valence-electron chi connectivity index (χ1n) is 6.32. The quantitative estimate of drug-likeness (QED) is 0.837. The van der Waals surface area contributed by atoms with Crippen molar-refractivity contribution in [3.63, 3.8) is 0 Å². The smallest absolute Gasteiger partial charge is 0.475 e. The number of rotatable bonds is 1. The lowest BCUT2D eigenvalue weighted by Gasteiger charge is -2.18. The van der Waals surface area contributed by atoms with Crippen LogP contribution in [0.4, 0.5) is 13.2 Å². The second-order valence-electron chi connectivity index (χ2n) is 4.87. The molecule has 2 heterocycles. The van der Waals surface area contributed by atoms with Gasteiger partial charge in [0.2, 0.25) is 0 Å². The molecule has 20 heavy (non-hydrogen) atoms. The topological polar surface area (TPSA) is 62.2 Å². The van der Waals surface area contributed by atoms with Crippen LogP contribution in [0, 0.1) is 0 Å². The lowest BCUT2D eigenvalue weighted by Crippen LogP contribution is -2.26. The third kappa shape index (κ3) is 3.69. The number of alkyl halides is 3. The maximum absolute atomic E-state index is 10.6. The van der Waals surface area contributed by atoms with E-state index in [1.807, 2.05) is 11.3 Å². The van der Waals surface area contributed by atoms with E-state index in [0.717, 1.165) is 18.9 Å². The van der Waals surface area contributed by atoms with Gasteiger partial charge in [-0.2, -0.15) is 13.2 Å². The predicted octanol–water partition coefficient (Wildman–Crippen LogP) is 2.86. The summed E-state index contributed by atoms with van der Waals surface area (Å²) in [5.74, 6) is -1.93. The van der Waals surface area contributed by atoms with E-state index in [4.69, 9.17) is 14.9 Å². The fraction of sp³-hybridized carbons (Fsp3) is 0.667. The first-order chi connectivity index (χ1) is 9.29. The highest BCUT2D eigenvalue weighted by Crippen LogP contribution is 2.44. The Bertz CT molecular complexity index is 497. The maximum Gasteiger partial charge on any atom is 0.490 e. The van der Waals surface area contributed by atoms with Crippen LogP contribution in [0.25, 0.3) is 0 Å². The molecule has 0 amide bonds. The third-order valence-corrected chi connectivity index (χ3v) is 4.56. The Kier molecular flexibility index (Phi) is 4.33. The number of thiazole rings is 1. The first-order valence-corrected chi connectivity index (χ1v) is 7.13. The number of aromatic nitrogens is 1. The van der Waals surface area contributed by atoms with Gasteiger partial charge in [-0.1, -0.05) is 0 Å². The number of nitrogens with zero attached hydrogens (tertiary/aromatic N) is 1. The van der Waals surface area contributed by atoms with E-state index in [9.17, 15) is 13.2 Å². The van der Waals surface area contributed by atoms with Gasteiger partial charge >= 0.3 is 12.1 Å². The standard InChI is InChI=1S/C10H14N2S.C2HF3O2/c1-6-9-8(4-5-11-6)12-10(13-9)7-2-3-7;3-2(4,5)1(6)7/h6-7,11H,2-5H2,1H3;(H,6,7)/t6-;/m1./s1. The van der Waals surface area contributed by atoms with Crippen molar-refractivity contribution in [1.29, 1.82) is 0 Å². The van der Waals surface area contributed by atoms with Crippen LogP contribution in [-0.2, 0) is 11.2 Å². The molecule has 0 spiro atoms. The number of carboxylic acids is 1. The molecule has 0 aromatic carbocycles. The van der Waals surface area contributed by atoms with Crippen molar-refractivity contribution in [3.8, 4) is 0 Å². The largest absolute Gasteiger partial charge is 0.490 e. The molecule has 0 bridgehead atoms. The summed E-state index contributed by atoms with van der Waals surface area (Å²) in [5, 5.41) is 12.0. The van der Waals surface area contributed by atoms with Gasteiger partial charge in [0.15, 0.2) is 0 Å². The van der Waals surface area contributed by atoms with Crippen LogP contribution in [0.3, 0.4) is 0 Å². The molecule has 2 aliphatic rings. The van der Waals surface area contributed by atoms with Gasteiger partial charge in [-0.25, -0.2) is 9.78 Å². The molecular weight excluding hydrogens is 293 g/mol. The van der Waals surface area contributed by atoms with Crippen molar-refractivity contribution in [1.82, 2.24) is 10.3 Å². The summed E-state index contributed by atoms with van der Waals surface area (Å²) < 4.78 is 31.7. The molecule has 3 rings (SSSR count). The van der Waals surface area contributed by atoms with E-state index in [1.165, 1.54) is 28.4 Å². The lowest BCUT2D eigenvalue weighted by molar-refractivity contribution is -0.192. The summed E-state index contributed by atoms with van der Waals surface area (Å²) in [4.78, 5) is 15.1. The van der Waals surface area contributed by atoms with Crippen molar-refractivity contribution in [3.05, 3.63) is 15.6 Å². The van der Waals surface area contributed by atoms with E-state index in [0.29, 0.717) is 6.04 Å². The van der Waals surface area contributed by atoms with Gasteiger partial charge in [-0.15, -0.1) is 11.3 Å². The van der Waals surface area contributed by atoms with E-state index in [1.54, 1.807) is 0 Å². The van der Waals surface area contributed by atoms with E-state index in [-0.39, 0.29) is 0 Å². The van der Waals surface area contributed by atoms with Gasteiger partial charge in [0.1, 0.15) is 0 Å². The Labute approximate surface area is 118 Å². The molecule has 1 saturated carbocycles. The maximum atomic E-state index is 10.6. The minimum Gasteiger partial charge on any atom is -0.475 e. The van der Waals surface area contributed by atoms with Crippen molar-refractivity contribution in [2.45, 2.75) is 44.3 Å². The molecule has 0 radical (unpaired) electrons. The van der Waals surface area contributed by atoms with Crippen molar-refractivity contribution < 1.29 is 23.1 Å². The molecule has 1 fully saturated rings. The Morgan fingerprint density at radius 1 is 1.45 bits per heavy atom. The summed E-state index contributed by atoms with van der Waals surface area (Å²) >= 11 is 1.94. The summed E-state index contributed by atoms with van der Waals surface area (Å²) in [6.07, 6.45) is -1.22. The molecule has 1 atom stereocenters. The highest BCUT2D eigenvalue weighted by molar-refractivity contribution is 7.12. The summed E-state index contributed by atoms with van der Waals surface area (Å²) in [6.45, 7) is 3.34. The van der Waals surface area contributed by atoms with Gasteiger partial charge in [0.05, 0.1) is 10.7 Å². The first kappa shape index (κ1) is 15.2. The van der Waals surface area contributed by atoms with Crippen LogP contribution in [-0.4, -0.2) is 28.8 Å². The summed E-state index contributed by atoms with van der Waals surface area (Å²) in [6, 6.07) is 0.536. The monoisotopic (exact) mass is 308 g/mol. The summed E-state index contributed by atoms with van der Waals surface area (Å²) in [5.41, 5.74) is 1.37. The molecule has 4 nitrogen and oxygen atoms in total. The SMILES string of the molecule is C[C@H]1NCCc2nc(C3CC3)sc21.O=C(O)C(F)(F)F. The zero-order valence-corrected chi connectivity index (χ0v) is 11.6. The van der Waals surface area contributed by atoms with Crippen LogP contribution in [0.5, 0.6) is 0 Å². The number of carboxylic acid groups (broad SMARTS) is 1. The molecule has 1 aliphatic heterocycles. The van der Waals surface area contributed by atoms with Crippen LogP contribution in [0.15, 0.2) is 0 Å². The molecule has 0 saturated heterocycles. The number of carbonyl (C=O) groups is 1. The van der Waals surface area contributed by atoms with Crippen molar-refractivity contribution in [2.24, 2.45) is 0 Å². The van der Waals surface area contributed by atoms with Crippen LogP contribution < -0.4 is 5.32 Å². The predicted molar refractivity (Wildman–Crippen MR) is 67.9 cm³/mol. The normalized spacial score (nSPS) is 21.7. The molecule has 0 unspecified atom stereocenters. The Balaban J connectivity index is 0.000000182. The minimum absolute atomic E-state index is 0.536. The van der Waals surface area contributed by atoms with Crippen molar-refractivity contribution in [2.75, 3.05) is 6.54 Å². The molecule has 8 heteroatoms. The number of nitrogens with one attached hydrogen (secondary N) is 1. The number of fused-ring (bicyclic) bond motifs is 1. The zero-order chi connectivity index (χ0) is 14.9. The van der Waals surface area contributed by atoms with Gasteiger partial charge in [0.25, 0.3) is 0 Å². The van der Waals surface area contributed by atoms with Crippen LogP contribution in [0.2, 0.25) is 0 Å². The highest BCUT2D eigenvalue weighted by atomic mass is 32.1. The molecular formula is C12H15F3N2O2S. The molecule has 2 N–H and O–H groups in total. The Hall–Kier alpha value is -1.15. The van der Waals surface area contributed by atoms with Crippen LogP contribution in [0.1, 0.15) is 47.3 Å². The number of aliphatic carboxylic acids is 1. The number of halogens is 3. The Morgan fingerprint density at radius 2 is 2.05 bits per heavy atom. The zero-order valence-electron chi connectivity index (χ0n) is 10.8. The Morgan fingerprint density at radius 3 is 2.50 bits per heavy atom. The van der Waals surface area contributed by atoms with E-state index in [2.05, 4.69) is 12.2 Å². The molecule has 112 valence electrons. The molecule has 1 aromatic heterocycles. The second-order valence-corrected chi connectivity index (χ2v) is 5.93. The van der Waals surface area contributed by atoms with Gasteiger partial charge < -0.3 is 10.4 Å². The summed E-state index contributed by atoms with van der Waals surface area (Å²) in [7, 11) is 0. The number of hydrogen-bond acceptors (Lipinski definition) is 4. The van der Waals surface area contributed by atoms with Gasteiger partial charge in [0, 0.05) is 29.8 Å². The van der Waals surface area contributed by atoms with E-state index < -0.39 is 12.1 Å². The van der Waals surface area contributed by atoms with Gasteiger partial charge in [-0.3, -0.25) is 0 Å². The lowest BCUT2D eigenvalue weighted by atomic mass is 10.1. The van der Waals surface area contributed by atoms with E-state index >= 15 is 0 Å². The molecule has 1 aromatic rings. The fourth-order valence-corrected chi connectivity index (χ4v) is 3.21. The van der Waals surface area contributed by atoms with Crippen molar-refractivity contribution >= 4 is 17.3 Å². The number of hydrogen-bond donors (Lipinski definition) is 2. The second kappa shape index (κ2) is 5.69. The minimum atomic E-state index is -5.08. The third-order valence-electron chi connectivity index (χ3n) is 3.12. The average Bonchev–Trinajstić information content (AvgIpc) is 3.09. The van der Waals surface area contributed by atoms with Crippen LogP contribution >= 0.6 is 11.3 Å².